The van der Waals surface area contributed by atoms with Gasteiger partial charge in [0.25, 0.3) is 0 Å². The average molecular weight is 639 g/mol. The Morgan fingerprint density at radius 2 is 1.00 bits per heavy atom. The summed E-state index contributed by atoms with van der Waals surface area (Å²) in [5, 5.41) is 18.2. The van der Waals surface area contributed by atoms with Crippen molar-refractivity contribution in [3.8, 4) is 0 Å². The van der Waals surface area contributed by atoms with E-state index in [4.69, 9.17) is 19.1 Å². The Morgan fingerprint density at radius 3 is 1.44 bits per heavy atom. The number of aliphatic hydroxyl groups is 2. The molecule has 0 aromatic rings. The van der Waals surface area contributed by atoms with E-state index in [1.807, 2.05) is 0 Å². The number of hydrogen-bond donors (Lipinski definition) is 3. The molecule has 0 radical (unpaired) electrons. The highest BCUT2D eigenvalue weighted by atomic mass is 31.2. The van der Waals surface area contributed by atoms with Gasteiger partial charge in [-0.2, -0.15) is 0 Å². The van der Waals surface area contributed by atoms with E-state index in [0.717, 1.165) is 44.9 Å². The summed E-state index contributed by atoms with van der Waals surface area (Å²) in [7, 11) is -4.59. The fourth-order valence-electron chi connectivity index (χ4n) is 4.58. The van der Waals surface area contributed by atoms with Gasteiger partial charge < -0.3 is 24.6 Å². The Kier molecular flexibility index (Phi) is 29.0. The second-order valence-electron chi connectivity index (χ2n) is 11.6. The van der Waals surface area contributed by atoms with Crippen LogP contribution < -0.4 is 0 Å². The van der Waals surface area contributed by atoms with E-state index in [9.17, 15) is 24.2 Å². The van der Waals surface area contributed by atoms with E-state index in [2.05, 4.69) is 18.4 Å². The van der Waals surface area contributed by atoms with Gasteiger partial charge in [-0.3, -0.25) is 18.6 Å². The van der Waals surface area contributed by atoms with Gasteiger partial charge in [0, 0.05) is 12.8 Å². The number of unbranched alkanes of at least 4 members (excludes halogenated alkanes) is 18. The molecule has 3 N–H and O–H groups in total. The predicted octanol–water partition coefficient (Wildman–Crippen LogP) is 7.55. The Morgan fingerprint density at radius 1 is 0.605 bits per heavy atom. The van der Waals surface area contributed by atoms with Crippen LogP contribution >= 0.6 is 7.82 Å². The first-order valence-corrected chi connectivity index (χ1v) is 18.5. The molecular formula is C32H63O10P. The molecule has 0 bridgehead atoms. The van der Waals surface area contributed by atoms with Gasteiger partial charge >= 0.3 is 19.8 Å². The first kappa shape index (κ1) is 42.0. The third-order valence-corrected chi connectivity index (χ3v) is 8.21. The van der Waals surface area contributed by atoms with Gasteiger partial charge in [-0.1, -0.05) is 129 Å². The number of aliphatic hydroxyl groups excluding tert-OH is 2. The van der Waals surface area contributed by atoms with Crippen LogP contribution in [0.15, 0.2) is 0 Å². The number of phosphoric ester groups is 1. The van der Waals surface area contributed by atoms with Crippen LogP contribution in [0.1, 0.15) is 155 Å². The lowest BCUT2D eigenvalue weighted by Gasteiger charge is -2.20. The Labute approximate surface area is 261 Å². The van der Waals surface area contributed by atoms with Crippen LogP contribution in [0.3, 0.4) is 0 Å². The smallest absolute Gasteiger partial charge is 0.462 e. The third kappa shape index (κ3) is 29.4. The summed E-state index contributed by atoms with van der Waals surface area (Å²) in [5.41, 5.74) is 0. The standard InChI is InChI=1S/C32H63O10P/c1-3-5-7-9-11-12-13-14-15-16-17-18-20-22-24-32(36)42-30(28-41-43(37,38)40-26-29(34)25-33)27-39-31(35)23-21-19-10-8-6-4-2/h29-30,33-34H,3-28H2,1-2H3,(H,37,38). The van der Waals surface area contributed by atoms with Crippen molar-refractivity contribution in [2.45, 2.75) is 167 Å². The minimum absolute atomic E-state index is 0.191. The van der Waals surface area contributed by atoms with Gasteiger partial charge in [0.1, 0.15) is 12.7 Å². The van der Waals surface area contributed by atoms with Crippen molar-refractivity contribution >= 4 is 19.8 Å². The Hall–Kier alpha value is -1.03. The molecule has 0 aromatic carbocycles. The lowest BCUT2D eigenvalue weighted by Crippen LogP contribution is -2.29. The van der Waals surface area contributed by atoms with E-state index >= 15 is 0 Å². The minimum atomic E-state index is -4.59. The van der Waals surface area contributed by atoms with Crippen molar-refractivity contribution in [2.75, 3.05) is 26.4 Å². The maximum absolute atomic E-state index is 12.5. The fraction of sp³-hybridized carbons (Fsp3) is 0.938. The molecule has 0 aliphatic heterocycles. The molecule has 10 nitrogen and oxygen atoms in total. The van der Waals surface area contributed by atoms with Crippen molar-refractivity contribution in [1.29, 1.82) is 0 Å². The van der Waals surface area contributed by atoms with E-state index in [1.165, 1.54) is 70.6 Å². The highest BCUT2D eigenvalue weighted by Gasteiger charge is 2.27. The molecule has 0 aliphatic carbocycles. The van der Waals surface area contributed by atoms with Crippen LogP contribution in [0.25, 0.3) is 0 Å². The lowest BCUT2D eigenvalue weighted by molar-refractivity contribution is -0.161. The monoisotopic (exact) mass is 638 g/mol. The Bertz CT molecular complexity index is 706. The Balaban J connectivity index is 4.33. The van der Waals surface area contributed by atoms with E-state index in [0.29, 0.717) is 12.8 Å². The zero-order valence-corrected chi connectivity index (χ0v) is 28.1. The van der Waals surface area contributed by atoms with Crippen molar-refractivity contribution in [2.24, 2.45) is 0 Å². The number of phosphoric acid groups is 1. The van der Waals surface area contributed by atoms with Crippen LogP contribution in [-0.2, 0) is 32.7 Å². The number of hydrogen-bond acceptors (Lipinski definition) is 9. The zero-order valence-electron chi connectivity index (χ0n) is 27.2. The number of ether oxygens (including phenoxy) is 2. The summed E-state index contributed by atoms with van der Waals surface area (Å²) in [4.78, 5) is 34.5. The molecule has 0 spiro atoms. The van der Waals surface area contributed by atoms with E-state index in [-0.39, 0.29) is 19.4 Å². The van der Waals surface area contributed by atoms with Gasteiger partial charge in [-0.05, 0) is 12.8 Å². The van der Waals surface area contributed by atoms with Gasteiger partial charge in [-0.15, -0.1) is 0 Å². The first-order valence-electron chi connectivity index (χ1n) is 17.0. The third-order valence-electron chi connectivity index (χ3n) is 7.26. The van der Waals surface area contributed by atoms with Crippen molar-refractivity contribution in [1.82, 2.24) is 0 Å². The van der Waals surface area contributed by atoms with Crippen molar-refractivity contribution in [3.63, 3.8) is 0 Å². The maximum atomic E-state index is 12.5. The highest BCUT2D eigenvalue weighted by Crippen LogP contribution is 2.43. The lowest BCUT2D eigenvalue weighted by atomic mass is 10.0. The summed E-state index contributed by atoms with van der Waals surface area (Å²) >= 11 is 0. The second-order valence-corrected chi connectivity index (χ2v) is 13.0. The molecule has 0 fully saturated rings. The molecule has 0 aliphatic rings. The highest BCUT2D eigenvalue weighted by molar-refractivity contribution is 7.47. The topological polar surface area (TPSA) is 149 Å². The van der Waals surface area contributed by atoms with Crippen molar-refractivity contribution < 1.29 is 47.8 Å². The predicted molar refractivity (Wildman–Crippen MR) is 169 cm³/mol. The molecule has 256 valence electrons. The van der Waals surface area contributed by atoms with Gasteiger partial charge in [-0.25, -0.2) is 4.57 Å². The summed E-state index contributed by atoms with van der Waals surface area (Å²) in [6, 6.07) is 0. The van der Waals surface area contributed by atoms with Gasteiger partial charge in [0.2, 0.25) is 0 Å². The van der Waals surface area contributed by atoms with Crippen molar-refractivity contribution in [3.05, 3.63) is 0 Å². The summed E-state index contributed by atoms with van der Waals surface area (Å²) in [5.74, 6) is -0.929. The van der Waals surface area contributed by atoms with Crippen LogP contribution in [0.4, 0.5) is 0 Å². The average Bonchev–Trinajstić information content (AvgIpc) is 2.99. The second kappa shape index (κ2) is 29.7. The summed E-state index contributed by atoms with van der Waals surface area (Å²) in [6.07, 6.45) is 21.1. The van der Waals surface area contributed by atoms with Gasteiger partial charge in [0.05, 0.1) is 19.8 Å². The molecule has 0 saturated heterocycles. The zero-order chi connectivity index (χ0) is 32.0. The molecule has 11 heteroatoms. The number of carbonyl (C=O) groups is 2. The minimum Gasteiger partial charge on any atom is -0.462 e. The van der Waals surface area contributed by atoms with Crippen LogP contribution in [0.5, 0.6) is 0 Å². The first-order chi connectivity index (χ1) is 20.7. The number of carbonyl (C=O) groups excluding carboxylic acids is 2. The quantitative estimate of drug-likeness (QED) is 0.0383. The molecular weight excluding hydrogens is 575 g/mol. The fourth-order valence-corrected chi connectivity index (χ4v) is 5.37. The molecule has 43 heavy (non-hydrogen) atoms. The molecule has 0 aromatic heterocycles. The van der Waals surface area contributed by atoms with E-state index < -0.39 is 51.8 Å². The van der Waals surface area contributed by atoms with Gasteiger partial charge in [0.15, 0.2) is 6.10 Å². The molecule has 0 heterocycles. The molecule has 3 unspecified atom stereocenters. The largest absolute Gasteiger partial charge is 0.472 e. The van der Waals surface area contributed by atoms with Crippen LogP contribution in [-0.4, -0.2) is 65.7 Å². The van der Waals surface area contributed by atoms with Crippen LogP contribution in [0.2, 0.25) is 0 Å². The SMILES string of the molecule is CCCCCCCCCCCCCCCCC(=O)OC(COC(=O)CCCCCCCC)COP(=O)(O)OCC(O)CO. The number of esters is 2. The molecule has 0 saturated carbocycles. The summed E-state index contributed by atoms with van der Waals surface area (Å²) < 4.78 is 32.3. The maximum Gasteiger partial charge on any atom is 0.472 e. The molecule has 3 atom stereocenters. The summed E-state index contributed by atoms with van der Waals surface area (Å²) in [6.45, 7) is 2.29. The number of rotatable bonds is 32. The molecule has 0 rings (SSSR count). The van der Waals surface area contributed by atoms with E-state index in [1.54, 1.807) is 0 Å². The normalized spacial score (nSPS) is 14.3. The van der Waals surface area contributed by atoms with Crippen LogP contribution in [0, 0.1) is 0 Å². The molecule has 0 amide bonds.